The molecule has 2 atom stereocenters. The van der Waals surface area contributed by atoms with Crippen molar-refractivity contribution < 1.29 is 27.1 Å². The van der Waals surface area contributed by atoms with Gasteiger partial charge in [0.2, 0.25) is 6.17 Å². The largest absolute Gasteiger partial charge is 0.464 e. The highest BCUT2D eigenvalue weighted by Gasteiger charge is 2.31. The number of halogens is 5. The number of esters is 1. The number of hydrogen-bond donors (Lipinski definition) is 1. The molecular formula is C11H12ClF4NO2. The van der Waals surface area contributed by atoms with E-state index < -0.39 is 41.2 Å². The first-order chi connectivity index (χ1) is 8.38. The van der Waals surface area contributed by atoms with Crippen molar-refractivity contribution in [2.45, 2.75) is 19.1 Å². The molecule has 108 valence electrons. The Bertz CT molecular complexity index is 459. The van der Waals surface area contributed by atoms with Crippen molar-refractivity contribution in [3.63, 3.8) is 0 Å². The minimum Gasteiger partial charge on any atom is -0.464 e. The summed E-state index contributed by atoms with van der Waals surface area (Å²) in [5.41, 5.74) is 4.50. The van der Waals surface area contributed by atoms with Gasteiger partial charge in [-0.1, -0.05) is 0 Å². The maximum atomic E-state index is 13.5. The Balaban J connectivity index is 0.00000324. The quantitative estimate of drug-likeness (QED) is 0.528. The smallest absolute Gasteiger partial charge is 0.342 e. The van der Waals surface area contributed by atoms with E-state index in [9.17, 15) is 22.4 Å². The molecule has 19 heavy (non-hydrogen) atoms. The van der Waals surface area contributed by atoms with Crippen LogP contribution in [0.25, 0.3) is 0 Å². The van der Waals surface area contributed by atoms with Gasteiger partial charge < -0.3 is 10.5 Å². The standard InChI is InChI=1S/C11H11F4NO2.ClH/c1-2-18-11(17)9(15)10(16)6-3-5(12)4-7(13)8(6)14;/h3-4,9-10H,2,16H2,1H3;1H/t9?,10-;/m1./s1. The monoisotopic (exact) mass is 301 g/mol. The Kier molecular flexibility index (Phi) is 6.78. The number of carbonyl (C=O) groups excluding carboxylic acids is 1. The summed E-state index contributed by atoms with van der Waals surface area (Å²) < 4.78 is 56.9. The van der Waals surface area contributed by atoms with Crippen LogP contribution in [0, 0.1) is 17.5 Å². The number of nitrogens with two attached hydrogens (primary N) is 1. The fourth-order valence-electron chi connectivity index (χ4n) is 1.34. The van der Waals surface area contributed by atoms with Gasteiger partial charge in [0.1, 0.15) is 5.82 Å². The maximum Gasteiger partial charge on any atom is 0.342 e. The molecule has 0 saturated carbocycles. The second-order valence-electron chi connectivity index (χ2n) is 3.47. The van der Waals surface area contributed by atoms with Gasteiger partial charge in [-0.25, -0.2) is 22.4 Å². The number of hydrogen-bond acceptors (Lipinski definition) is 3. The van der Waals surface area contributed by atoms with E-state index in [4.69, 9.17) is 5.73 Å². The van der Waals surface area contributed by atoms with Crippen LogP contribution < -0.4 is 5.73 Å². The van der Waals surface area contributed by atoms with Gasteiger partial charge in [-0.05, 0) is 13.0 Å². The average Bonchev–Trinajstić information content (AvgIpc) is 2.32. The van der Waals surface area contributed by atoms with Gasteiger partial charge in [0, 0.05) is 11.6 Å². The molecule has 0 fully saturated rings. The summed E-state index contributed by atoms with van der Waals surface area (Å²) in [4.78, 5) is 11.1. The molecule has 0 bridgehead atoms. The van der Waals surface area contributed by atoms with Gasteiger partial charge in [0.25, 0.3) is 0 Å². The van der Waals surface area contributed by atoms with Crippen LogP contribution in [0.1, 0.15) is 18.5 Å². The van der Waals surface area contributed by atoms with E-state index in [0.717, 1.165) is 0 Å². The number of carbonyl (C=O) groups is 1. The summed E-state index contributed by atoms with van der Waals surface area (Å²) in [6, 6.07) is -1.01. The van der Waals surface area contributed by atoms with E-state index in [-0.39, 0.29) is 19.0 Å². The molecule has 3 nitrogen and oxygen atoms in total. The molecular weight excluding hydrogens is 290 g/mol. The summed E-state index contributed by atoms with van der Waals surface area (Å²) in [6.07, 6.45) is -2.40. The highest BCUT2D eigenvalue weighted by atomic mass is 35.5. The zero-order chi connectivity index (χ0) is 13.9. The molecule has 1 unspecified atom stereocenters. The van der Waals surface area contributed by atoms with E-state index in [1.54, 1.807) is 0 Å². The summed E-state index contributed by atoms with van der Waals surface area (Å²) in [5, 5.41) is 0. The third kappa shape index (κ3) is 4.07. The fourth-order valence-corrected chi connectivity index (χ4v) is 1.34. The normalized spacial score (nSPS) is 13.4. The topological polar surface area (TPSA) is 52.3 Å². The van der Waals surface area contributed by atoms with Gasteiger partial charge in [-0.15, -0.1) is 12.4 Å². The molecule has 1 aromatic rings. The highest BCUT2D eigenvalue weighted by Crippen LogP contribution is 2.24. The van der Waals surface area contributed by atoms with E-state index in [0.29, 0.717) is 12.1 Å². The predicted octanol–water partition coefficient (Wildman–Crippen LogP) is 2.43. The molecule has 0 aliphatic rings. The summed E-state index contributed by atoms with van der Waals surface area (Å²) in [7, 11) is 0. The van der Waals surface area contributed by atoms with Gasteiger partial charge in [0.05, 0.1) is 12.6 Å². The summed E-state index contributed by atoms with van der Waals surface area (Å²) in [6.45, 7) is 1.35. The minimum atomic E-state index is -2.40. The first-order valence-electron chi connectivity index (χ1n) is 5.09. The second-order valence-corrected chi connectivity index (χ2v) is 3.47. The Morgan fingerprint density at radius 1 is 1.37 bits per heavy atom. The first-order valence-corrected chi connectivity index (χ1v) is 5.09. The first kappa shape index (κ1) is 17.7. The Labute approximate surface area is 113 Å². The molecule has 1 rings (SSSR count). The maximum absolute atomic E-state index is 13.5. The molecule has 0 spiro atoms. The molecule has 0 radical (unpaired) electrons. The van der Waals surface area contributed by atoms with Gasteiger partial charge in [0.15, 0.2) is 11.6 Å². The second kappa shape index (κ2) is 7.30. The fraction of sp³-hybridized carbons (Fsp3) is 0.364. The molecule has 0 saturated heterocycles. The third-order valence-electron chi connectivity index (χ3n) is 2.21. The molecule has 1 aromatic carbocycles. The van der Waals surface area contributed by atoms with Gasteiger partial charge >= 0.3 is 5.97 Å². The van der Waals surface area contributed by atoms with Crippen LogP contribution in [0.15, 0.2) is 12.1 Å². The molecule has 0 aliphatic heterocycles. The van der Waals surface area contributed by atoms with Crippen molar-refractivity contribution in [3.8, 4) is 0 Å². The van der Waals surface area contributed by atoms with Crippen LogP contribution in [0.5, 0.6) is 0 Å². The zero-order valence-corrected chi connectivity index (χ0v) is 10.6. The molecule has 0 amide bonds. The zero-order valence-electron chi connectivity index (χ0n) is 9.83. The number of benzene rings is 1. The van der Waals surface area contributed by atoms with Crippen LogP contribution in [0.4, 0.5) is 17.6 Å². The molecule has 0 aromatic heterocycles. The number of alkyl halides is 1. The van der Waals surface area contributed by atoms with Crippen LogP contribution in [0.2, 0.25) is 0 Å². The van der Waals surface area contributed by atoms with E-state index in [1.807, 2.05) is 0 Å². The lowest BCUT2D eigenvalue weighted by molar-refractivity contribution is -0.150. The minimum absolute atomic E-state index is 0. The lowest BCUT2D eigenvalue weighted by Crippen LogP contribution is -2.32. The Morgan fingerprint density at radius 3 is 2.47 bits per heavy atom. The van der Waals surface area contributed by atoms with Crippen molar-refractivity contribution in [2.24, 2.45) is 5.73 Å². The number of rotatable bonds is 4. The van der Waals surface area contributed by atoms with Crippen molar-refractivity contribution in [1.82, 2.24) is 0 Å². The van der Waals surface area contributed by atoms with Crippen molar-refractivity contribution in [2.75, 3.05) is 6.61 Å². The van der Waals surface area contributed by atoms with Gasteiger partial charge in [-0.3, -0.25) is 0 Å². The highest BCUT2D eigenvalue weighted by molar-refractivity contribution is 5.85. The molecule has 0 heterocycles. The molecule has 8 heteroatoms. The lowest BCUT2D eigenvalue weighted by atomic mass is 10.0. The van der Waals surface area contributed by atoms with Crippen molar-refractivity contribution in [3.05, 3.63) is 35.1 Å². The van der Waals surface area contributed by atoms with Crippen LogP contribution in [-0.4, -0.2) is 18.7 Å². The summed E-state index contributed by atoms with van der Waals surface area (Å²) >= 11 is 0. The van der Waals surface area contributed by atoms with E-state index >= 15 is 0 Å². The predicted molar refractivity (Wildman–Crippen MR) is 62.0 cm³/mol. The van der Waals surface area contributed by atoms with Crippen LogP contribution in [0.3, 0.4) is 0 Å². The van der Waals surface area contributed by atoms with E-state index in [2.05, 4.69) is 4.74 Å². The Hall–Kier alpha value is -1.34. The van der Waals surface area contributed by atoms with Crippen LogP contribution in [-0.2, 0) is 9.53 Å². The molecule has 0 aliphatic carbocycles. The third-order valence-corrected chi connectivity index (χ3v) is 2.21. The van der Waals surface area contributed by atoms with E-state index in [1.165, 1.54) is 6.92 Å². The number of ether oxygens (including phenoxy) is 1. The van der Waals surface area contributed by atoms with Crippen LogP contribution >= 0.6 is 12.4 Å². The Morgan fingerprint density at radius 2 is 1.95 bits per heavy atom. The van der Waals surface area contributed by atoms with Crippen molar-refractivity contribution in [1.29, 1.82) is 0 Å². The average molecular weight is 302 g/mol. The summed E-state index contributed by atoms with van der Waals surface area (Å²) in [5.74, 6) is -5.42. The SMILES string of the molecule is CCOC(=O)C(F)[C@H](N)c1cc(F)cc(F)c1F.Cl. The lowest BCUT2D eigenvalue weighted by Gasteiger charge is -2.16. The molecule has 2 N–H and O–H groups in total. The van der Waals surface area contributed by atoms with Crippen molar-refractivity contribution >= 4 is 18.4 Å². The van der Waals surface area contributed by atoms with Gasteiger partial charge in [-0.2, -0.15) is 0 Å².